The van der Waals surface area contributed by atoms with Crippen LogP contribution in [-0.2, 0) is 6.54 Å². The molecule has 2 heterocycles. The number of likely N-dealkylation sites (tertiary alicyclic amines) is 1. The van der Waals surface area contributed by atoms with E-state index >= 15 is 0 Å². The van der Waals surface area contributed by atoms with Crippen molar-refractivity contribution in [2.45, 2.75) is 32.4 Å². The highest BCUT2D eigenvalue weighted by Crippen LogP contribution is 2.39. The first-order valence-electron chi connectivity index (χ1n) is 10.4. The third-order valence-corrected chi connectivity index (χ3v) is 5.51. The smallest absolute Gasteiger partial charge is 0.232 e. The van der Waals surface area contributed by atoms with Crippen LogP contribution >= 0.6 is 0 Å². The summed E-state index contributed by atoms with van der Waals surface area (Å²) >= 11 is 0. The number of aromatic nitrogens is 3. The van der Waals surface area contributed by atoms with Crippen LogP contribution in [-0.4, -0.2) is 40.6 Å². The van der Waals surface area contributed by atoms with Gasteiger partial charge in [0.05, 0.1) is 20.8 Å². The zero-order valence-corrected chi connectivity index (χ0v) is 18.1. The molecular weight excluding hydrogens is 392 g/mol. The van der Waals surface area contributed by atoms with Crippen LogP contribution in [0, 0.1) is 6.92 Å². The first kappa shape index (κ1) is 20.9. The summed E-state index contributed by atoms with van der Waals surface area (Å²) in [5, 5.41) is 3.22. The number of methoxy groups -OCH3 is 2. The van der Waals surface area contributed by atoms with Gasteiger partial charge in [0.25, 0.3) is 0 Å². The lowest BCUT2D eigenvalue weighted by Gasteiger charge is -2.25. The molecule has 0 unspecified atom stereocenters. The maximum absolute atomic E-state index is 5.98. The molecule has 3 N–H and O–H groups in total. The number of rotatable bonds is 7. The number of anilines is 3. The van der Waals surface area contributed by atoms with Gasteiger partial charge in [0, 0.05) is 23.4 Å². The Balaban J connectivity index is 1.54. The predicted molar refractivity (Wildman–Crippen MR) is 121 cm³/mol. The van der Waals surface area contributed by atoms with Crippen LogP contribution in [0.1, 0.15) is 35.8 Å². The van der Waals surface area contributed by atoms with E-state index in [0.717, 1.165) is 42.1 Å². The fourth-order valence-electron chi connectivity index (χ4n) is 3.97. The summed E-state index contributed by atoms with van der Waals surface area (Å²) in [5.41, 5.74) is 9.22. The highest BCUT2D eigenvalue weighted by atomic mass is 16.5. The van der Waals surface area contributed by atoms with Gasteiger partial charge >= 0.3 is 0 Å². The summed E-state index contributed by atoms with van der Waals surface area (Å²) in [6.45, 7) is 3.58. The molecule has 8 heteroatoms. The van der Waals surface area contributed by atoms with Gasteiger partial charge in [-0.15, -0.1) is 0 Å². The number of nitrogens with two attached hydrogens (primary N) is 1. The van der Waals surface area contributed by atoms with Crippen LogP contribution < -0.4 is 20.5 Å². The minimum absolute atomic E-state index is 0.206. The topological polar surface area (TPSA) is 98.4 Å². The Hall–Kier alpha value is -3.39. The number of nitrogens with zero attached hydrogens (tertiary/aromatic N) is 4. The quantitative estimate of drug-likeness (QED) is 0.595. The van der Waals surface area contributed by atoms with Crippen LogP contribution in [0.15, 0.2) is 42.5 Å². The highest BCUT2D eigenvalue weighted by Gasteiger charge is 2.29. The third-order valence-electron chi connectivity index (χ3n) is 5.51. The van der Waals surface area contributed by atoms with E-state index in [9.17, 15) is 0 Å². The molecular formula is C23H28N6O2. The monoisotopic (exact) mass is 420 g/mol. The van der Waals surface area contributed by atoms with Crippen LogP contribution in [0.4, 0.5) is 17.6 Å². The Labute approximate surface area is 182 Å². The second kappa shape index (κ2) is 9.18. The first-order chi connectivity index (χ1) is 15.1. The standard InChI is InChI=1S/C23H28N6O2/c1-15-6-8-16(9-7-15)25-23-27-21(26-22(24)28-23)14-29-12-4-5-19(29)18-11-10-17(30-2)13-20(18)31-3/h6-11,13,19H,4-5,12,14H2,1-3H3,(H3,24,25,26,27,28)/t19-/m1/s1. The largest absolute Gasteiger partial charge is 0.497 e. The molecule has 0 spiro atoms. The fraction of sp³-hybridized carbons (Fsp3) is 0.348. The van der Waals surface area contributed by atoms with Gasteiger partial charge in [0.1, 0.15) is 17.3 Å². The van der Waals surface area contributed by atoms with Gasteiger partial charge in [0.15, 0.2) is 0 Å². The second-order valence-corrected chi connectivity index (χ2v) is 7.66. The summed E-state index contributed by atoms with van der Waals surface area (Å²) in [4.78, 5) is 15.6. The van der Waals surface area contributed by atoms with Gasteiger partial charge in [-0.1, -0.05) is 23.8 Å². The highest BCUT2D eigenvalue weighted by molar-refractivity contribution is 5.54. The maximum Gasteiger partial charge on any atom is 0.232 e. The minimum Gasteiger partial charge on any atom is -0.497 e. The lowest BCUT2D eigenvalue weighted by atomic mass is 10.0. The minimum atomic E-state index is 0.206. The van der Waals surface area contributed by atoms with E-state index < -0.39 is 0 Å². The molecule has 0 saturated carbocycles. The number of hydrogen-bond acceptors (Lipinski definition) is 8. The molecule has 0 aliphatic carbocycles. The molecule has 0 bridgehead atoms. The SMILES string of the molecule is COc1ccc([C@H]2CCCN2Cc2nc(N)nc(Nc3ccc(C)cc3)n2)c(OC)c1. The molecule has 3 aromatic rings. The Kier molecular flexibility index (Phi) is 6.18. The Morgan fingerprint density at radius 3 is 2.61 bits per heavy atom. The molecule has 0 amide bonds. The summed E-state index contributed by atoms with van der Waals surface area (Å²) < 4.78 is 11.0. The molecule has 2 aromatic carbocycles. The van der Waals surface area contributed by atoms with E-state index in [-0.39, 0.29) is 12.0 Å². The van der Waals surface area contributed by atoms with Gasteiger partial charge in [-0.3, -0.25) is 4.90 Å². The summed E-state index contributed by atoms with van der Waals surface area (Å²) in [6.07, 6.45) is 2.13. The molecule has 1 aliphatic rings. The first-order valence-corrected chi connectivity index (χ1v) is 10.4. The van der Waals surface area contributed by atoms with Crippen LogP contribution in [0.25, 0.3) is 0 Å². The van der Waals surface area contributed by atoms with Crippen LogP contribution in [0.3, 0.4) is 0 Å². The number of nitrogens with one attached hydrogen (secondary N) is 1. The number of nitrogen functional groups attached to an aromatic ring is 1. The van der Waals surface area contributed by atoms with Gasteiger partial charge in [-0.05, 0) is 44.5 Å². The van der Waals surface area contributed by atoms with Gasteiger partial charge in [-0.25, -0.2) is 0 Å². The van der Waals surface area contributed by atoms with Crippen molar-refractivity contribution in [3.63, 3.8) is 0 Å². The number of hydrogen-bond donors (Lipinski definition) is 2. The summed E-state index contributed by atoms with van der Waals surface area (Å²) in [7, 11) is 3.34. The average molecular weight is 421 g/mol. The Morgan fingerprint density at radius 2 is 1.87 bits per heavy atom. The van der Waals surface area contributed by atoms with Gasteiger partial charge < -0.3 is 20.5 Å². The van der Waals surface area contributed by atoms with Crippen molar-refractivity contribution in [3.8, 4) is 11.5 Å². The van der Waals surface area contributed by atoms with E-state index in [2.05, 4.69) is 31.2 Å². The van der Waals surface area contributed by atoms with E-state index in [1.165, 1.54) is 5.56 Å². The van der Waals surface area contributed by atoms with Crippen LogP contribution in [0.2, 0.25) is 0 Å². The fourth-order valence-corrected chi connectivity index (χ4v) is 3.97. The second-order valence-electron chi connectivity index (χ2n) is 7.66. The average Bonchev–Trinajstić information content (AvgIpc) is 3.22. The van der Waals surface area contributed by atoms with Crippen molar-refractivity contribution in [1.29, 1.82) is 0 Å². The number of benzene rings is 2. The van der Waals surface area contributed by atoms with E-state index in [4.69, 9.17) is 15.2 Å². The number of ether oxygens (including phenoxy) is 2. The maximum atomic E-state index is 5.98. The Bertz CT molecular complexity index is 1040. The molecule has 4 rings (SSSR count). The lowest BCUT2D eigenvalue weighted by Crippen LogP contribution is -2.25. The molecule has 31 heavy (non-hydrogen) atoms. The zero-order chi connectivity index (χ0) is 21.8. The van der Waals surface area contributed by atoms with Crippen LogP contribution in [0.5, 0.6) is 11.5 Å². The van der Waals surface area contributed by atoms with Crippen molar-refractivity contribution < 1.29 is 9.47 Å². The molecule has 1 saturated heterocycles. The van der Waals surface area contributed by atoms with Crippen molar-refractivity contribution in [1.82, 2.24) is 19.9 Å². The molecule has 0 radical (unpaired) electrons. The molecule has 162 valence electrons. The van der Waals surface area contributed by atoms with E-state index in [1.807, 2.05) is 43.3 Å². The molecule has 1 aromatic heterocycles. The molecule has 8 nitrogen and oxygen atoms in total. The summed E-state index contributed by atoms with van der Waals surface area (Å²) in [6, 6.07) is 14.2. The normalized spacial score (nSPS) is 16.3. The van der Waals surface area contributed by atoms with E-state index in [0.29, 0.717) is 18.3 Å². The molecule has 1 atom stereocenters. The molecule has 1 fully saturated rings. The van der Waals surface area contributed by atoms with Gasteiger partial charge in [0.2, 0.25) is 11.9 Å². The predicted octanol–water partition coefficient (Wildman–Crippen LogP) is 3.86. The number of aryl methyl sites for hydroxylation is 1. The third kappa shape index (κ3) is 4.86. The van der Waals surface area contributed by atoms with Gasteiger partial charge in [-0.2, -0.15) is 15.0 Å². The van der Waals surface area contributed by atoms with Crippen molar-refractivity contribution >= 4 is 17.6 Å². The van der Waals surface area contributed by atoms with Crippen molar-refractivity contribution in [2.75, 3.05) is 31.8 Å². The Morgan fingerprint density at radius 1 is 1.06 bits per heavy atom. The van der Waals surface area contributed by atoms with E-state index in [1.54, 1.807) is 14.2 Å². The zero-order valence-electron chi connectivity index (χ0n) is 18.1. The summed E-state index contributed by atoms with van der Waals surface area (Å²) in [5.74, 6) is 2.90. The lowest BCUT2D eigenvalue weighted by molar-refractivity contribution is 0.237. The van der Waals surface area contributed by atoms with Crippen molar-refractivity contribution in [3.05, 3.63) is 59.4 Å². The van der Waals surface area contributed by atoms with Crippen molar-refractivity contribution in [2.24, 2.45) is 0 Å². The molecule has 1 aliphatic heterocycles.